The predicted octanol–water partition coefficient (Wildman–Crippen LogP) is 1.94. The van der Waals surface area contributed by atoms with Gasteiger partial charge < -0.3 is 9.15 Å². The lowest BCUT2D eigenvalue weighted by molar-refractivity contribution is 0.414. The van der Waals surface area contributed by atoms with Gasteiger partial charge in [0, 0.05) is 13.1 Å². The summed E-state index contributed by atoms with van der Waals surface area (Å²) < 4.78 is 38.6. The Kier molecular flexibility index (Phi) is 3.61. The van der Waals surface area contributed by atoms with E-state index in [1.165, 1.54) is 29.9 Å². The van der Waals surface area contributed by atoms with Crippen molar-refractivity contribution in [2.24, 2.45) is 7.05 Å². The number of rotatable bonds is 4. The Morgan fingerprint density at radius 3 is 2.48 bits per heavy atom. The number of aromatic nitrogens is 1. The van der Waals surface area contributed by atoms with Gasteiger partial charge in [-0.2, -0.15) is 0 Å². The molecule has 1 N–H and O–H groups in total. The molecule has 0 unspecified atom stereocenters. The fraction of sp³-hybridized carbons (Fsp3) is 0.133. The number of ether oxygens (including phenoxy) is 1. The number of fused-ring (bicyclic) bond motifs is 1. The number of anilines is 1. The van der Waals surface area contributed by atoms with E-state index in [2.05, 4.69) is 4.72 Å². The molecule has 0 saturated carbocycles. The Bertz CT molecular complexity index is 1020. The first kappa shape index (κ1) is 15.2. The van der Waals surface area contributed by atoms with E-state index < -0.39 is 15.8 Å². The molecule has 0 bridgehead atoms. The highest BCUT2D eigenvalue weighted by Crippen LogP contribution is 2.22. The molecular weight excluding hydrogens is 320 g/mol. The first-order valence-corrected chi connectivity index (χ1v) is 8.15. The molecule has 3 aromatic rings. The zero-order valence-corrected chi connectivity index (χ0v) is 13.3. The number of hydrogen-bond acceptors (Lipinski definition) is 5. The molecule has 0 radical (unpaired) electrons. The van der Waals surface area contributed by atoms with Crippen LogP contribution in [0.25, 0.3) is 11.1 Å². The molecule has 120 valence electrons. The summed E-state index contributed by atoms with van der Waals surface area (Å²) >= 11 is 0. The Morgan fingerprint density at radius 2 is 1.83 bits per heavy atom. The molecule has 0 amide bonds. The number of hydrogen-bond donors (Lipinski definition) is 1. The van der Waals surface area contributed by atoms with E-state index in [1.54, 1.807) is 31.3 Å². The number of oxazole rings is 1. The van der Waals surface area contributed by atoms with Crippen molar-refractivity contribution >= 4 is 26.8 Å². The van der Waals surface area contributed by atoms with Crippen molar-refractivity contribution in [1.82, 2.24) is 4.57 Å². The van der Waals surface area contributed by atoms with Crippen LogP contribution in [-0.2, 0) is 17.1 Å². The average molecular weight is 334 g/mol. The van der Waals surface area contributed by atoms with Gasteiger partial charge in [0.15, 0.2) is 5.58 Å². The Hall–Kier alpha value is -2.74. The van der Waals surface area contributed by atoms with Crippen molar-refractivity contribution < 1.29 is 17.6 Å². The highest BCUT2D eigenvalue weighted by Gasteiger charge is 2.15. The molecule has 1 heterocycles. The molecular formula is C15H14N2O5S. The van der Waals surface area contributed by atoms with Crippen LogP contribution in [0, 0.1) is 0 Å². The molecule has 0 atom stereocenters. The normalized spacial score (nSPS) is 11.6. The molecule has 0 aliphatic rings. The van der Waals surface area contributed by atoms with Crippen LogP contribution in [0.2, 0.25) is 0 Å². The second-order valence-electron chi connectivity index (χ2n) is 4.89. The molecule has 0 spiro atoms. The molecule has 0 fully saturated rings. The van der Waals surface area contributed by atoms with Gasteiger partial charge in [-0.3, -0.25) is 9.29 Å². The van der Waals surface area contributed by atoms with Crippen molar-refractivity contribution in [2.45, 2.75) is 4.90 Å². The first-order chi connectivity index (χ1) is 10.9. The Balaban J connectivity index is 1.94. The van der Waals surface area contributed by atoms with Crippen molar-refractivity contribution in [3.63, 3.8) is 0 Å². The minimum Gasteiger partial charge on any atom is -0.497 e. The third kappa shape index (κ3) is 2.80. The van der Waals surface area contributed by atoms with Gasteiger partial charge in [0.1, 0.15) is 5.75 Å². The van der Waals surface area contributed by atoms with Gasteiger partial charge in [0.2, 0.25) is 0 Å². The fourth-order valence-electron chi connectivity index (χ4n) is 2.17. The van der Waals surface area contributed by atoms with Crippen LogP contribution < -0.4 is 15.2 Å². The highest BCUT2D eigenvalue weighted by atomic mass is 32.2. The molecule has 2 aromatic carbocycles. The largest absolute Gasteiger partial charge is 0.497 e. The molecule has 1 aromatic heterocycles. The van der Waals surface area contributed by atoms with Crippen molar-refractivity contribution in [1.29, 1.82) is 0 Å². The summed E-state index contributed by atoms with van der Waals surface area (Å²) in [5.41, 5.74) is 1.21. The molecule has 0 aliphatic carbocycles. The molecule has 7 nitrogen and oxygen atoms in total. The van der Waals surface area contributed by atoms with Crippen molar-refractivity contribution in [3.8, 4) is 5.75 Å². The third-order valence-corrected chi connectivity index (χ3v) is 4.81. The lowest BCUT2D eigenvalue weighted by atomic mass is 10.3. The lowest BCUT2D eigenvalue weighted by Gasteiger charge is -2.08. The average Bonchev–Trinajstić information content (AvgIpc) is 2.81. The zero-order chi connectivity index (χ0) is 16.6. The summed E-state index contributed by atoms with van der Waals surface area (Å²) in [6.07, 6.45) is 0. The maximum absolute atomic E-state index is 12.4. The Labute approximate surface area is 132 Å². The van der Waals surface area contributed by atoms with Gasteiger partial charge in [-0.15, -0.1) is 0 Å². The third-order valence-electron chi connectivity index (χ3n) is 3.41. The molecule has 0 saturated heterocycles. The monoisotopic (exact) mass is 334 g/mol. The van der Waals surface area contributed by atoms with Gasteiger partial charge in [0.05, 0.1) is 23.2 Å². The smallest absolute Gasteiger partial charge is 0.419 e. The highest BCUT2D eigenvalue weighted by molar-refractivity contribution is 7.92. The van der Waals surface area contributed by atoms with Gasteiger partial charge in [-0.05, 0) is 36.4 Å². The Morgan fingerprint density at radius 1 is 1.13 bits per heavy atom. The molecule has 8 heteroatoms. The summed E-state index contributed by atoms with van der Waals surface area (Å²) in [5.74, 6) is 0.0617. The van der Waals surface area contributed by atoms with Crippen LogP contribution in [0.1, 0.15) is 0 Å². The van der Waals surface area contributed by atoms with Crippen LogP contribution in [0.5, 0.6) is 5.75 Å². The predicted molar refractivity (Wildman–Crippen MR) is 85.3 cm³/mol. The van der Waals surface area contributed by atoms with Gasteiger partial charge in [-0.1, -0.05) is 0 Å². The van der Waals surface area contributed by atoms with E-state index in [0.717, 1.165) is 0 Å². The molecule has 3 rings (SSSR count). The summed E-state index contributed by atoms with van der Waals surface area (Å²) in [6.45, 7) is 0. The minimum absolute atomic E-state index is 0.105. The topological polar surface area (TPSA) is 90.5 Å². The van der Waals surface area contributed by atoms with Crippen LogP contribution in [0.4, 0.5) is 5.69 Å². The summed E-state index contributed by atoms with van der Waals surface area (Å²) in [4.78, 5) is 11.6. The molecule has 0 aliphatic heterocycles. The first-order valence-electron chi connectivity index (χ1n) is 6.67. The lowest BCUT2D eigenvalue weighted by Crippen LogP contribution is -2.12. The van der Waals surface area contributed by atoms with E-state index in [0.29, 0.717) is 22.5 Å². The van der Waals surface area contributed by atoms with Gasteiger partial charge >= 0.3 is 5.76 Å². The minimum atomic E-state index is -3.74. The molecule has 23 heavy (non-hydrogen) atoms. The van der Waals surface area contributed by atoms with Crippen LogP contribution >= 0.6 is 0 Å². The van der Waals surface area contributed by atoms with Gasteiger partial charge in [-0.25, -0.2) is 13.2 Å². The zero-order valence-electron chi connectivity index (χ0n) is 12.4. The van der Waals surface area contributed by atoms with E-state index in [-0.39, 0.29) is 4.90 Å². The van der Waals surface area contributed by atoms with Crippen molar-refractivity contribution in [3.05, 3.63) is 53.0 Å². The van der Waals surface area contributed by atoms with E-state index in [1.807, 2.05) is 0 Å². The quantitative estimate of drug-likeness (QED) is 0.787. The SMILES string of the molecule is COc1ccc(S(=O)(=O)Nc2ccc3c(c2)oc(=O)n3C)cc1. The second-order valence-corrected chi connectivity index (χ2v) is 6.57. The summed E-state index contributed by atoms with van der Waals surface area (Å²) in [5, 5.41) is 0. The number of sulfonamides is 1. The number of aryl methyl sites for hydroxylation is 1. The standard InChI is InChI=1S/C15H14N2O5S/c1-17-13-8-3-10(9-14(13)22-15(17)18)16-23(19,20)12-6-4-11(21-2)5-7-12/h3-9,16H,1-2H3. The van der Waals surface area contributed by atoms with Crippen molar-refractivity contribution in [2.75, 3.05) is 11.8 Å². The summed E-state index contributed by atoms with van der Waals surface area (Å²) in [6, 6.07) is 10.7. The summed E-state index contributed by atoms with van der Waals surface area (Å²) in [7, 11) is -0.659. The number of nitrogens with one attached hydrogen (secondary N) is 1. The van der Waals surface area contributed by atoms with Gasteiger partial charge in [0.25, 0.3) is 10.0 Å². The van der Waals surface area contributed by atoms with E-state index >= 15 is 0 Å². The fourth-order valence-corrected chi connectivity index (χ4v) is 3.22. The number of methoxy groups -OCH3 is 1. The van der Waals surface area contributed by atoms with Crippen LogP contribution in [0.3, 0.4) is 0 Å². The second kappa shape index (κ2) is 5.47. The van der Waals surface area contributed by atoms with E-state index in [4.69, 9.17) is 9.15 Å². The number of benzene rings is 2. The van der Waals surface area contributed by atoms with E-state index in [9.17, 15) is 13.2 Å². The number of nitrogens with zero attached hydrogens (tertiary/aromatic N) is 1. The maximum Gasteiger partial charge on any atom is 0.419 e. The van der Waals surface area contributed by atoms with Crippen LogP contribution in [-0.4, -0.2) is 20.1 Å². The van der Waals surface area contributed by atoms with Crippen LogP contribution in [0.15, 0.2) is 56.6 Å². The maximum atomic E-state index is 12.4.